The van der Waals surface area contributed by atoms with Crippen molar-refractivity contribution in [1.82, 2.24) is 15.6 Å². The number of rotatable bonds is 7. The predicted octanol–water partition coefficient (Wildman–Crippen LogP) is 5.09. The maximum absolute atomic E-state index is 13.0. The first-order valence-electron chi connectivity index (χ1n) is 11.1. The van der Waals surface area contributed by atoms with Crippen LogP contribution < -0.4 is 16.0 Å². The molecular weight excluding hydrogens is 444 g/mol. The van der Waals surface area contributed by atoms with Gasteiger partial charge in [-0.1, -0.05) is 32.4 Å². The molecule has 3 N–H and O–H groups in total. The number of hydrogen-bond donors (Lipinski definition) is 3. The molecule has 2 amide bonds. The molecule has 0 radical (unpaired) electrons. The zero-order valence-corrected chi connectivity index (χ0v) is 20.8. The van der Waals surface area contributed by atoms with E-state index in [4.69, 9.17) is 11.6 Å². The second-order valence-electron chi connectivity index (χ2n) is 10.4. The first-order valence-corrected chi connectivity index (χ1v) is 12.3. The molecule has 2 unspecified atom stereocenters. The minimum Gasteiger partial charge on any atom is -0.376 e. The molecule has 2 aromatic rings. The monoisotopic (exact) mass is 474 g/mol. The van der Waals surface area contributed by atoms with Crippen molar-refractivity contribution in [2.24, 2.45) is 11.3 Å². The number of pyridine rings is 1. The van der Waals surface area contributed by atoms with Crippen molar-refractivity contribution in [2.45, 2.75) is 71.5 Å². The van der Waals surface area contributed by atoms with Crippen LogP contribution in [0.15, 0.2) is 24.4 Å². The van der Waals surface area contributed by atoms with Crippen LogP contribution in [0.5, 0.6) is 0 Å². The lowest BCUT2D eigenvalue weighted by atomic mass is 9.50. The van der Waals surface area contributed by atoms with Gasteiger partial charge in [0.25, 0.3) is 5.91 Å². The summed E-state index contributed by atoms with van der Waals surface area (Å²) in [6.45, 7) is 9.89. The minimum absolute atomic E-state index is 0.0134. The van der Waals surface area contributed by atoms with Crippen LogP contribution in [0.3, 0.4) is 0 Å². The number of carbonyl (C=O) groups is 2. The topological polar surface area (TPSA) is 83.1 Å². The largest absolute Gasteiger partial charge is 0.376 e. The van der Waals surface area contributed by atoms with Crippen molar-refractivity contribution in [3.63, 3.8) is 0 Å². The molecule has 8 heteroatoms. The van der Waals surface area contributed by atoms with E-state index >= 15 is 0 Å². The average Bonchev–Trinajstić information content (AvgIpc) is 3.14. The molecule has 2 heterocycles. The normalized spacial score (nSPS) is 23.4. The van der Waals surface area contributed by atoms with Crippen molar-refractivity contribution in [3.8, 4) is 0 Å². The van der Waals surface area contributed by atoms with E-state index in [0.29, 0.717) is 9.90 Å². The summed E-state index contributed by atoms with van der Waals surface area (Å²) >= 11 is 7.49. The molecule has 2 bridgehead atoms. The number of aromatic nitrogens is 1. The van der Waals surface area contributed by atoms with Crippen molar-refractivity contribution in [2.75, 3.05) is 5.32 Å². The van der Waals surface area contributed by atoms with Crippen LogP contribution in [0.25, 0.3) is 0 Å². The summed E-state index contributed by atoms with van der Waals surface area (Å²) in [5.41, 5.74) is 1.32. The Bertz CT molecular complexity index is 1030. The van der Waals surface area contributed by atoms with Crippen LogP contribution in [-0.2, 0) is 4.79 Å². The fraction of sp³-hybridized carbons (Fsp3) is 0.542. The van der Waals surface area contributed by atoms with Crippen LogP contribution in [0, 0.1) is 18.3 Å². The Labute approximate surface area is 198 Å². The van der Waals surface area contributed by atoms with Gasteiger partial charge in [0.2, 0.25) is 5.91 Å². The van der Waals surface area contributed by atoms with Crippen LogP contribution in [0.1, 0.15) is 73.2 Å². The average molecular weight is 475 g/mol. The van der Waals surface area contributed by atoms with Crippen LogP contribution in [0.2, 0.25) is 5.02 Å². The van der Waals surface area contributed by atoms with Gasteiger partial charge in [-0.15, -0.1) is 11.3 Å². The zero-order valence-electron chi connectivity index (χ0n) is 19.2. The number of halogens is 1. The van der Waals surface area contributed by atoms with Gasteiger partial charge in [0.1, 0.15) is 6.04 Å². The third-order valence-corrected chi connectivity index (χ3v) is 8.01. The number of thiophene rings is 1. The highest BCUT2D eigenvalue weighted by Gasteiger charge is 2.58. The molecule has 3 saturated carbocycles. The van der Waals surface area contributed by atoms with Crippen LogP contribution in [-0.4, -0.2) is 28.4 Å². The smallest absolute Gasteiger partial charge is 0.262 e. The molecule has 0 aliphatic heterocycles. The number of nitrogens with one attached hydrogen (secondary N) is 3. The molecule has 2 aromatic heterocycles. The molecule has 0 saturated heterocycles. The van der Waals surface area contributed by atoms with E-state index in [-0.39, 0.29) is 23.4 Å². The van der Waals surface area contributed by atoms with Gasteiger partial charge in [-0.05, 0) is 62.6 Å². The molecule has 32 heavy (non-hydrogen) atoms. The van der Waals surface area contributed by atoms with Gasteiger partial charge in [0.15, 0.2) is 0 Å². The summed E-state index contributed by atoms with van der Waals surface area (Å²) < 4.78 is 0. The molecule has 3 aliphatic rings. The molecule has 2 atom stereocenters. The van der Waals surface area contributed by atoms with Gasteiger partial charge in [0, 0.05) is 16.6 Å². The molecule has 5 rings (SSSR count). The van der Waals surface area contributed by atoms with Gasteiger partial charge in [-0.2, -0.15) is 0 Å². The molecule has 0 spiro atoms. The molecule has 3 fully saturated rings. The Hall–Kier alpha value is -2.12. The number of amides is 2. The van der Waals surface area contributed by atoms with E-state index in [0.717, 1.165) is 41.4 Å². The second-order valence-corrected chi connectivity index (χ2v) is 11.9. The third kappa shape index (κ3) is 4.64. The van der Waals surface area contributed by atoms with Crippen molar-refractivity contribution in [1.29, 1.82) is 0 Å². The summed E-state index contributed by atoms with van der Waals surface area (Å²) in [6, 6.07) is 4.99. The number of nitrogens with zero attached hydrogens (tertiary/aromatic N) is 1. The minimum atomic E-state index is -0.592. The van der Waals surface area contributed by atoms with E-state index in [1.54, 1.807) is 6.20 Å². The summed E-state index contributed by atoms with van der Waals surface area (Å²) in [5.74, 6) is 0.478. The predicted molar refractivity (Wildman–Crippen MR) is 129 cm³/mol. The molecular formula is C24H31ClN4O2S. The molecule has 6 nitrogen and oxygen atoms in total. The Morgan fingerprint density at radius 1 is 1.25 bits per heavy atom. The Kier molecular flexibility index (Phi) is 6.01. The van der Waals surface area contributed by atoms with Gasteiger partial charge >= 0.3 is 0 Å². The summed E-state index contributed by atoms with van der Waals surface area (Å²) in [4.78, 5) is 31.9. The summed E-state index contributed by atoms with van der Waals surface area (Å²) in [7, 11) is 0. The highest BCUT2D eigenvalue weighted by molar-refractivity contribution is 7.14. The van der Waals surface area contributed by atoms with Gasteiger partial charge < -0.3 is 16.0 Å². The molecule has 172 valence electrons. The molecule has 3 aliphatic carbocycles. The van der Waals surface area contributed by atoms with Crippen molar-refractivity contribution in [3.05, 3.63) is 44.9 Å². The highest BCUT2D eigenvalue weighted by atomic mass is 35.5. The lowest BCUT2D eigenvalue weighted by Crippen LogP contribution is -2.70. The van der Waals surface area contributed by atoms with E-state index in [1.165, 1.54) is 11.3 Å². The fourth-order valence-corrected chi connectivity index (χ4v) is 5.58. The highest BCUT2D eigenvalue weighted by Crippen LogP contribution is 2.57. The Morgan fingerprint density at radius 2 is 1.94 bits per heavy atom. The number of aryl methyl sites for hydroxylation is 1. The summed E-state index contributed by atoms with van der Waals surface area (Å²) in [6.07, 6.45) is 4.84. The Balaban J connectivity index is 1.42. The van der Waals surface area contributed by atoms with Gasteiger partial charge in [-0.25, -0.2) is 0 Å². The second kappa shape index (κ2) is 8.34. The van der Waals surface area contributed by atoms with Crippen LogP contribution in [0.4, 0.5) is 5.69 Å². The SMILES string of the molecule is Cc1ncc(Cl)cc1NC(C)c1ccc(C(=O)NC(C(=O)NC23CC(C2)C3)C(C)(C)C)s1. The number of hydrogen-bond acceptors (Lipinski definition) is 5. The lowest BCUT2D eigenvalue weighted by molar-refractivity contribution is -0.136. The first kappa shape index (κ1) is 23.1. The van der Waals surface area contributed by atoms with Crippen molar-refractivity contribution >= 4 is 40.4 Å². The zero-order chi connectivity index (χ0) is 23.3. The van der Waals surface area contributed by atoms with E-state index in [1.807, 2.05) is 52.8 Å². The fourth-order valence-electron chi connectivity index (χ4n) is 4.51. The van der Waals surface area contributed by atoms with E-state index in [9.17, 15) is 9.59 Å². The number of carbonyl (C=O) groups excluding carboxylic acids is 2. The van der Waals surface area contributed by atoms with Gasteiger partial charge in [0.05, 0.1) is 27.3 Å². The maximum atomic E-state index is 13.0. The quantitative estimate of drug-likeness (QED) is 0.521. The van der Waals surface area contributed by atoms with Crippen LogP contribution >= 0.6 is 22.9 Å². The molecule has 0 aromatic carbocycles. The number of anilines is 1. The third-order valence-electron chi connectivity index (χ3n) is 6.53. The van der Waals surface area contributed by atoms with Gasteiger partial charge in [-0.3, -0.25) is 14.6 Å². The van der Waals surface area contributed by atoms with E-state index in [2.05, 4.69) is 20.9 Å². The first-order chi connectivity index (χ1) is 15.0. The maximum Gasteiger partial charge on any atom is 0.262 e. The standard InChI is InChI=1S/C24H31ClN4O2S/c1-13-17(8-16(25)12-26-13)27-14(2)18-6-7-19(32-18)21(30)28-20(23(3,4)5)22(31)29-24-9-15(10-24)11-24/h6-8,12,14-15,20,27H,9-11H2,1-5H3,(H,28,30)(H,29,31). The van der Waals surface area contributed by atoms with E-state index < -0.39 is 11.5 Å². The van der Waals surface area contributed by atoms with Crippen molar-refractivity contribution < 1.29 is 9.59 Å². The lowest BCUT2D eigenvalue weighted by Gasteiger charge is -2.62. The Morgan fingerprint density at radius 3 is 2.53 bits per heavy atom. The summed E-state index contributed by atoms with van der Waals surface area (Å²) in [5, 5.41) is 10.2.